The summed E-state index contributed by atoms with van der Waals surface area (Å²) in [5.41, 5.74) is 7.14. The number of thiocarbonyl (C=S) groups is 1. The van der Waals surface area contributed by atoms with E-state index in [0.717, 1.165) is 28.1 Å². The Hall–Kier alpha value is -3.48. The number of para-hydroxylation sites is 1. The number of nitrogens with zero attached hydrogens (tertiary/aromatic N) is 3. The average Bonchev–Trinajstić information content (AvgIpc) is 3.31. The van der Waals surface area contributed by atoms with E-state index in [4.69, 9.17) is 33.3 Å². The molecule has 0 spiro atoms. The molecule has 1 aromatic heterocycles. The van der Waals surface area contributed by atoms with Crippen molar-refractivity contribution in [3.05, 3.63) is 106 Å². The third-order valence-corrected chi connectivity index (χ3v) is 6.67. The number of rotatable bonds is 4. The van der Waals surface area contributed by atoms with E-state index in [1.165, 1.54) is 11.1 Å². The first kappa shape index (κ1) is 22.3. The summed E-state index contributed by atoms with van der Waals surface area (Å²) < 4.78 is 5.82. The first-order chi connectivity index (χ1) is 16.4. The van der Waals surface area contributed by atoms with E-state index in [0.29, 0.717) is 21.9 Å². The van der Waals surface area contributed by atoms with Gasteiger partial charge in [0.05, 0.1) is 11.6 Å². The predicted octanol–water partition coefficient (Wildman–Crippen LogP) is 6.87. The number of anilines is 1. The highest BCUT2D eigenvalue weighted by Gasteiger charge is 2.34. The summed E-state index contributed by atoms with van der Waals surface area (Å²) in [6, 6.07) is 23.6. The van der Waals surface area contributed by atoms with Crippen molar-refractivity contribution >= 4 is 40.2 Å². The molecule has 0 saturated carbocycles. The lowest BCUT2D eigenvalue weighted by Gasteiger charge is -2.37. The number of hydrogen-bond donors (Lipinski definition) is 1. The minimum absolute atomic E-state index is 0.231. The van der Waals surface area contributed by atoms with Gasteiger partial charge < -0.3 is 9.84 Å². The van der Waals surface area contributed by atoms with Gasteiger partial charge >= 0.3 is 0 Å². The Morgan fingerprint density at radius 3 is 2.38 bits per heavy atom. The lowest BCUT2D eigenvalue weighted by Crippen LogP contribution is -2.46. The first-order valence-electron chi connectivity index (χ1n) is 11.0. The molecule has 1 aliphatic heterocycles. The second-order valence-electron chi connectivity index (χ2n) is 8.33. The van der Waals surface area contributed by atoms with Crippen molar-refractivity contribution in [2.45, 2.75) is 26.8 Å². The highest BCUT2D eigenvalue weighted by atomic mass is 35.5. The molecule has 2 heterocycles. The lowest BCUT2D eigenvalue weighted by atomic mass is 9.92. The van der Waals surface area contributed by atoms with Crippen LogP contribution in [0, 0.1) is 13.8 Å². The van der Waals surface area contributed by atoms with Crippen molar-refractivity contribution in [1.82, 2.24) is 15.5 Å². The van der Waals surface area contributed by atoms with E-state index in [1.54, 1.807) is 0 Å². The summed E-state index contributed by atoms with van der Waals surface area (Å²) in [5, 5.41) is 9.05. The first-order valence-corrected chi connectivity index (χ1v) is 11.7. The zero-order valence-electron chi connectivity index (χ0n) is 19.0. The molecule has 170 valence electrons. The van der Waals surface area contributed by atoms with Crippen molar-refractivity contribution in [1.29, 1.82) is 0 Å². The third kappa shape index (κ3) is 4.11. The van der Waals surface area contributed by atoms with Crippen LogP contribution in [0.1, 0.15) is 35.5 Å². The molecule has 1 atom stereocenters. The second-order valence-corrected chi connectivity index (χ2v) is 9.15. The molecule has 0 amide bonds. The summed E-state index contributed by atoms with van der Waals surface area (Å²) in [4.78, 5) is 6.77. The fourth-order valence-electron chi connectivity index (χ4n) is 4.15. The molecule has 5 nitrogen and oxygen atoms in total. The molecule has 1 aliphatic rings. The summed E-state index contributed by atoms with van der Waals surface area (Å²) in [5.74, 6) is 0.951. The van der Waals surface area contributed by atoms with Gasteiger partial charge in [0.1, 0.15) is 0 Å². The zero-order chi connectivity index (χ0) is 23.8. The Labute approximate surface area is 209 Å². The molecule has 0 aliphatic carbocycles. The largest absolute Gasteiger partial charge is 0.351 e. The smallest absolute Gasteiger partial charge is 0.258 e. The Bertz CT molecular complexity index is 1400. The summed E-state index contributed by atoms with van der Waals surface area (Å²) >= 11 is 11.9. The molecule has 4 aromatic rings. The Kier molecular flexibility index (Phi) is 5.94. The van der Waals surface area contributed by atoms with Crippen LogP contribution in [0.15, 0.2) is 83.0 Å². The van der Waals surface area contributed by atoms with Gasteiger partial charge in [0.25, 0.3) is 5.89 Å². The minimum atomic E-state index is -0.231. The van der Waals surface area contributed by atoms with Gasteiger partial charge in [-0.05, 0) is 86.1 Å². The van der Waals surface area contributed by atoms with Crippen LogP contribution < -0.4 is 10.2 Å². The molecule has 34 heavy (non-hydrogen) atoms. The van der Waals surface area contributed by atoms with Crippen molar-refractivity contribution < 1.29 is 4.52 Å². The van der Waals surface area contributed by atoms with Gasteiger partial charge in [0.2, 0.25) is 5.82 Å². The van der Waals surface area contributed by atoms with E-state index < -0.39 is 0 Å². The third-order valence-electron chi connectivity index (χ3n) is 6.12. The van der Waals surface area contributed by atoms with Gasteiger partial charge in [-0.1, -0.05) is 53.2 Å². The van der Waals surface area contributed by atoms with Gasteiger partial charge in [-0.15, -0.1) is 0 Å². The van der Waals surface area contributed by atoms with Gasteiger partial charge in [0, 0.05) is 22.0 Å². The fourth-order valence-corrected chi connectivity index (χ4v) is 4.64. The van der Waals surface area contributed by atoms with Crippen LogP contribution in [0.25, 0.3) is 17.0 Å². The molecular weight excluding hydrogens is 464 g/mol. The molecule has 1 N–H and O–H groups in total. The minimum Gasteiger partial charge on any atom is -0.351 e. The number of allylic oxidation sites excluding steroid dienone is 1. The molecule has 1 unspecified atom stereocenters. The maximum atomic E-state index is 6.05. The van der Waals surface area contributed by atoms with Gasteiger partial charge in [-0.3, -0.25) is 4.90 Å². The fraction of sp³-hybridized carbons (Fsp3) is 0.148. The molecule has 0 fully saturated rings. The topological polar surface area (TPSA) is 54.2 Å². The SMILES string of the molecule is CC1=C(c2nc(-c3ccc(Cl)cc3)no2)C(c2ccc(C)c(C)c2)NC(=S)N1c1ccccc1. The van der Waals surface area contributed by atoms with Gasteiger partial charge in [0.15, 0.2) is 5.11 Å². The monoisotopic (exact) mass is 486 g/mol. The maximum absolute atomic E-state index is 6.05. The number of aryl methyl sites for hydroxylation is 2. The summed E-state index contributed by atoms with van der Waals surface area (Å²) in [7, 11) is 0. The van der Waals surface area contributed by atoms with E-state index in [2.05, 4.69) is 42.5 Å². The maximum Gasteiger partial charge on any atom is 0.258 e. The molecule has 3 aromatic carbocycles. The standard InChI is InChI=1S/C27H23ClN4OS/c1-16-9-10-20(15-17(16)2)24-23(18(3)32(27(34)29-24)22-7-5-4-6-8-22)26-30-25(31-33-26)19-11-13-21(28)14-12-19/h4-15,24H,1-3H3,(H,29,34). The normalized spacial score (nSPS) is 16.1. The van der Waals surface area contributed by atoms with Crippen molar-refractivity contribution in [3.63, 3.8) is 0 Å². The van der Waals surface area contributed by atoms with Crippen molar-refractivity contribution in [2.24, 2.45) is 0 Å². The number of hydrogen-bond acceptors (Lipinski definition) is 4. The lowest BCUT2D eigenvalue weighted by molar-refractivity contribution is 0.404. The Balaban J connectivity index is 1.66. The van der Waals surface area contributed by atoms with Crippen LogP contribution in [-0.2, 0) is 0 Å². The molecular formula is C27H23ClN4OS. The van der Waals surface area contributed by atoms with Crippen LogP contribution in [0.5, 0.6) is 0 Å². The zero-order valence-corrected chi connectivity index (χ0v) is 20.6. The van der Waals surface area contributed by atoms with Crippen LogP contribution >= 0.6 is 23.8 Å². The van der Waals surface area contributed by atoms with Crippen molar-refractivity contribution in [2.75, 3.05) is 4.90 Å². The van der Waals surface area contributed by atoms with E-state index >= 15 is 0 Å². The van der Waals surface area contributed by atoms with E-state index in [-0.39, 0.29) is 6.04 Å². The van der Waals surface area contributed by atoms with Crippen LogP contribution in [0.4, 0.5) is 5.69 Å². The Morgan fingerprint density at radius 2 is 1.68 bits per heavy atom. The molecule has 0 saturated heterocycles. The molecule has 5 rings (SSSR count). The number of aromatic nitrogens is 2. The second kappa shape index (κ2) is 9.05. The van der Waals surface area contributed by atoms with Crippen molar-refractivity contribution in [3.8, 4) is 11.4 Å². The molecule has 7 heteroatoms. The number of nitrogens with one attached hydrogen (secondary N) is 1. The molecule has 0 bridgehead atoms. The van der Waals surface area contributed by atoms with Crippen LogP contribution in [-0.4, -0.2) is 15.3 Å². The van der Waals surface area contributed by atoms with Gasteiger partial charge in [-0.2, -0.15) is 4.98 Å². The Morgan fingerprint density at radius 1 is 0.941 bits per heavy atom. The van der Waals surface area contributed by atoms with E-state index in [9.17, 15) is 0 Å². The van der Waals surface area contributed by atoms with E-state index in [1.807, 2.05) is 66.4 Å². The predicted molar refractivity (Wildman–Crippen MR) is 141 cm³/mol. The summed E-state index contributed by atoms with van der Waals surface area (Å²) in [6.45, 7) is 6.25. The quantitative estimate of drug-likeness (QED) is 0.317. The number of benzene rings is 3. The molecule has 0 radical (unpaired) electrons. The number of halogens is 1. The highest BCUT2D eigenvalue weighted by molar-refractivity contribution is 7.80. The average molecular weight is 487 g/mol. The van der Waals surface area contributed by atoms with Gasteiger partial charge in [-0.25, -0.2) is 0 Å². The highest BCUT2D eigenvalue weighted by Crippen LogP contribution is 2.39. The summed E-state index contributed by atoms with van der Waals surface area (Å²) in [6.07, 6.45) is 0. The van der Waals surface area contributed by atoms with Crippen LogP contribution in [0.2, 0.25) is 5.02 Å². The van der Waals surface area contributed by atoms with Crippen LogP contribution in [0.3, 0.4) is 0 Å².